The Morgan fingerprint density at radius 1 is 1.48 bits per heavy atom. The van der Waals surface area contributed by atoms with E-state index in [0.29, 0.717) is 16.5 Å². The molecular formula is C16H17ClN2O3S. The first-order valence-corrected chi connectivity index (χ1v) is 8.89. The van der Waals surface area contributed by atoms with Gasteiger partial charge >= 0.3 is 5.97 Å². The molecule has 23 heavy (non-hydrogen) atoms. The van der Waals surface area contributed by atoms with E-state index in [2.05, 4.69) is 5.10 Å². The van der Waals surface area contributed by atoms with E-state index < -0.39 is 5.97 Å². The zero-order valence-corrected chi connectivity index (χ0v) is 14.2. The van der Waals surface area contributed by atoms with Crippen molar-refractivity contribution in [2.24, 2.45) is 7.05 Å². The van der Waals surface area contributed by atoms with Gasteiger partial charge in [0.1, 0.15) is 11.9 Å². The smallest absolute Gasteiger partial charge is 0.356 e. The second-order valence-corrected chi connectivity index (χ2v) is 7.00. The van der Waals surface area contributed by atoms with Gasteiger partial charge in [-0.15, -0.1) is 0 Å². The third-order valence-electron chi connectivity index (χ3n) is 3.74. The Morgan fingerprint density at radius 2 is 2.30 bits per heavy atom. The molecule has 1 aliphatic rings. The summed E-state index contributed by atoms with van der Waals surface area (Å²) in [5.41, 5.74) is 1.52. The van der Waals surface area contributed by atoms with Crippen LogP contribution in [0.1, 0.15) is 23.3 Å². The molecule has 1 aromatic carbocycles. The maximum atomic E-state index is 11.0. The lowest BCUT2D eigenvalue weighted by atomic mass is 10.1. The molecule has 1 N–H and O–H groups in total. The molecule has 0 amide bonds. The number of benzene rings is 1. The van der Waals surface area contributed by atoms with Crippen molar-refractivity contribution in [2.45, 2.75) is 18.9 Å². The summed E-state index contributed by atoms with van der Waals surface area (Å²) >= 11 is 8.24. The fourth-order valence-electron chi connectivity index (χ4n) is 2.58. The summed E-state index contributed by atoms with van der Waals surface area (Å²) in [4.78, 5) is 11.0. The molecule has 0 bridgehead atoms. The van der Waals surface area contributed by atoms with Gasteiger partial charge in [-0.05, 0) is 42.9 Å². The molecule has 0 radical (unpaired) electrons. The Balaban J connectivity index is 1.82. The highest BCUT2D eigenvalue weighted by Gasteiger charge is 2.18. The molecule has 1 aliphatic heterocycles. The van der Waals surface area contributed by atoms with Gasteiger partial charge in [-0.25, -0.2) is 4.79 Å². The van der Waals surface area contributed by atoms with E-state index in [1.807, 2.05) is 23.9 Å². The van der Waals surface area contributed by atoms with Gasteiger partial charge in [0.25, 0.3) is 0 Å². The fraction of sp³-hybridized carbons (Fsp3) is 0.375. The highest BCUT2D eigenvalue weighted by molar-refractivity contribution is 7.99. The number of carbonyl (C=O) groups is 1. The minimum atomic E-state index is -1.05. The van der Waals surface area contributed by atoms with Gasteiger partial charge in [0.05, 0.1) is 10.7 Å². The predicted octanol–water partition coefficient (Wildman–Crippen LogP) is 3.71. The van der Waals surface area contributed by atoms with Crippen molar-refractivity contribution in [3.63, 3.8) is 0 Å². The Morgan fingerprint density at radius 3 is 2.91 bits per heavy atom. The first kappa shape index (κ1) is 16.2. The number of thioether (sulfide) groups is 1. The Bertz CT molecular complexity index is 726. The second kappa shape index (κ2) is 6.84. The molecular weight excluding hydrogens is 336 g/mol. The van der Waals surface area contributed by atoms with Gasteiger partial charge in [-0.1, -0.05) is 11.6 Å². The highest BCUT2D eigenvalue weighted by atomic mass is 35.5. The molecule has 1 saturated heterocycles. The number of aryl methyl sites for hydroxylation is 1. The number of aromatic carboxylic acids is 1. The van der Waals surface area contributed by atoms with Crippen LogP contribution in [0.3, 0.4) is 0 Å². The summed E-state index contributed by atoms with van der Waals surface area (Å²) in [6.45, 7) is 0. The van der Waals surface area contributed by atoms with E-state index in [4.69, 9.17) is 21.4 Å². The van der Waals surface area contributed by atoms with Crippen LogP contribution in [-0.4, -0.2) is 38.5 Å². The monoisotopic (exact) mass is 352 g/mol. The second-order valence-electron chi connectivity index (χ2n) is 5.45. The number of hydrogen-bond acceptors (Lipinski definition) is 4. The Hall–Kier alpha value is -1.66. The number of carboxylic acids is 1. The Labute approximate surface area is 143 Å². The fourth-order valence-corrected chi connectivity index (χ4v) is 3.84. The average molecular weight is 353 g/mol. The molecule has 1 aromatic heterocycles. The molecule has 5 nitrogen and oxygen atoms in total. The molecule has 1 atom stereocenters. The van der Waals surface area contributed by atoms with Crippen LogP contribution >= 0.6 is 23.4 Å². The number of nitrogens with zero attached hydrogens (tertiary/aromatic N) is 2. The van der Waals surface area contributed by atoms with Crippen LogP contribution in [0.15, 0.2) is 24.3 Å². The number of halogens is 1. The van der Waals surface area contributed by atoms with Crippen molar-refractivity contribution in [3.05, 3.63) is 35.0 Å². The van der Waals surface area contributed by atoms with Crippen LogP contribution in [-0.2, 0) is 7.05 Å². The highest BCUT2D eigenvalue weighted by Crippen LogP contribution is 2.32. The minimum Gasteiger partial charge on any atom is -0.488 e. The van der Waals surface area contributed by atoms with Gasteiger partial charge in [-0.3, -0.25) is 4.68 Å². The summed E-state index contributed by atoms with van der Waals surface area (Å²) in [6.07, 6.45) is 2.42. The van der Waals surface area contributed by atoms with Crippen LogP contribution in [0, 0.1) is 0 Å². The summed E-state index contributed by atoms with van der Waals surface area (Å²) in [6, 6.07) is 7.03. The van der Waals surface area contributed by atoms with E-state index in [0.717, 1.165) is 24.2 Å². The van der Waals surface area contributed by atoms with Gasteiger partial charge in [0.2, 0.25) is 0 Å². The first-order valence-electron chi connectivity index (χ1n) is 7.36. The van der Waals surface area contributed by atoms with Crippen LogP contribution in [0.5, 0.6) is 5.75 Å². The number of carboxylic acid groups (broad SMARTS) is 1. The largest absolute Gasteiger partial charge is 0.488 e. The van der Waals surface area contributed by atoms with Gasteiger partial charge < -0.3 is 9.84 Å². The third-order valence-corrected chi connectivity index (χ3v) is 5.22. The number of hydrogen-bond donors (Lipinski definition) is 1. The molecule has 2 heterocycles. The maximum absolute atomic E-state index is 11.0. The molecule has 1 fully saturated rings. The zero-order valence-electron chi connectivity index (χ0n) is 12.7. The lowest BCUT2D eigenvalue weighted by molar-refractivity contribution is 0.0689. The van der Waals surface area contributed by atoms with E-state index in [-0.39, 0.29) is 11.8 Å². The third kappa shape index (κ3) is 3.64. The minimum absolute atomic E-state index is 0.0122. The number of rotatable bonds is 4. The summed E-state index contributed by atoms with van der Waals surface area (Å²) in [7, 11) is 1.71. The van der Waals surface area contributed by atoms with Crippen molar-refractivity contribution in [1.29, 1.82) is 0 Å². The molecule has 122 valence electrons. The first-order chi connectivity index (χ1) is 11.0. The topological polar surface area (TPSA) is 64.4 Å². The average Bonchev–Trinajstić information content (AvgIpc) is 2.93. The molecule has 0 aliphatic carbocycles. The number of ether oxygens (including phenoxy) is 1. The molecule has 3 rings (SSSR count). The van der Waals surface area contributed by atoms with Gasteiger partial charge in [-0.2, -0.15) is 16.9 Å². The molecule has 1 unspecified atom stereocenters. The van der Waals surface area contributed by atoms with Crippen molar-refractivity contribution in [2.75, 3.05) is 11.5 Å². The standard InChI is InChI=1S/C16H17ClN2O3S/c1-19-14(8-13(18-19)16(20)21)10-4-5-15(12(17)7-10)22-11-3-2-6-23-9-11/h4-5,7-8,11H,2-3,6,9H2,1H3,(H,20,21). The van der Waals surface area contributed by atoms with Crippen molar-refractivity contribution < 1.29 is 14.6 Å². The number of aromatic nitrogens is 2. The van der Waals surface area contributed by atoms with Crippen molar-refractivity contribution in [3.8, 4) is 17.0 Å². The summed E-state index contributed by atoms with van der Waals surface area (Å²) in [5.74, 6) is 1.80. The van der Waals surface area contributed by atoms with Gasteiger partial charge in [0.15, 0.2) is 5.69 Å². The zero-order chi connectivity index (χ0) is 16.4. The van der Waals surface area contributed by atoms with E-state index in [1.54, 1.807) is 13.1 Å². The molecule has 2 aromatic rings. The molecule has 0 saturated carbocycles. The van der Waals surface area contributed by atoms with Crippen molar-refractivity contribution in [1.82, 2.24) is 9.78 Å². The Kier molecular flexibility index (Phi) is 4.82. The SMILES string of the molecule is Cn1nc(C(=O)O)cc1-c1ccc(OC2CCCSC2)c(Cl)c1. The van der Waals surface area contributed by atoms with Crippen LogP contribution in [0.2, 0.25) is 5.02 Å². The van der Waals surface area contributed by atoms with Crippen LogP contribution in [0.4, 0.5) is 0 Å². The normalized spacial score (nSPS) is 17.9. The summed E-state index contributed by atoms with van der Waals surface area (Å²) < 4.78 is 7.52. The van der Waals surface area contributed by atoms with Crippen LogP contribution in [0.25, 0.3) is 11.3 Å². The lowest BCUT2D eigenvalue weighted by Crippen LogP contribution is -2.23. The van der Waals surface area contributed by atoms with Gasteiger partial charge in [0, 0.05) is 18.4 Å². The van der Waals surface area contributed by atoms with Crippen LogP contribution < -0.4 is 4.74 Å². The summed E-state index contributed by atoms with van der Waals surface area (Å²) in [5, 5.41) is 13.5. The van der Waals surface area contributed by atoms with E-state index in [9.17, 15) is 4.79 Å². The molecule has 7 heteroatoms. The lowest BCUT2D eigenvalue weighted by Gasteiger charge is -2.23. The van der Waals surface area contributed by atoms with E-state index >= 15 is 0 Å². The predicted molar refractivity (Wildman–Crippen MR) is 91.6 cm³/mol. The molecule has 0 spiro atoms. The maximum Gasteiger partial charge on any atom is 0.356 e. The van der Waals surface area contributed by atoms with E-state index in [1.165, 1.54) is 16.5 Å². The quantitative estimate of drug-likeness (QED) is 0.908. The van der Waals surface area contributed by atoms with Crippen molar-refractivity contribution >= 4 is 29.3 Å².